The maximum absolute atomic E-state index is 12.5. The van der Waals surface area contributed by atoms with Crippen LogP contribution in [-0.4, -0.2) is 42.8 Å². The van der Waals surface area contributed by atoms with Gasteiger partial charge in [-0.3, -0.25) is 4.90 Å². The van der Waals surface area contributed by atoms with Gasteiger partial charge in [0.1, 0.15) is 24.5 Å². The Bertz CT molecular complexity index is 734. The topological polar surface area (TPSA) is 65.1 Å². The van der Waals surface area contributed by atoms with E-state index in [2.05, 4.69) is 0 Å². The molecular formula is C20H21NO5. The van der Waals surface area contributed by atoms with Gasteiger partial charge in [-0.1, -0.05) is 48.5 Å². The molecule has 0 aliphatic carbocycles. The van der Waals surface area contributed by atoms with Crippen molar-refractivity contribution in [2.75, 3.05) is 13.7 Å². The lowest BCUT2D eigenvalue weighted by Gasteiger charge is -2.21. The zero-order valence-corrected chi connectivity index (χ0v) is 14.5. The summed E-state index contributed by atoms with van der Waals surface area (Å²) in [6.45, 7) is 0.413. The summed E-state index contributed by atoms with van der Waals surface area (Å²) in [5, 5.41) is 0. The molecule has 1 saturated heterocycles. The molecule has 0 saturated carbocycles. The highest BCUT2D eigenvalue weighted by molar-refractivity contribution is 5.82. The number of para-hydroxylation sites is 1. The molecule has 6 heteroatoms. The Morgan fingerprint density at radius 2 is 1.69 bits per heavy atom. The Kier molecular flexibility index (Phi) is 5.73. The summed E-state index contributed by atoms with van der Waals surface area (Å²) < 4.78 is 16.1. The van der Waals surface area contributed by atoms with Gasteiger partial charge in [-0.25, -0.2) is 9.59 Å². The molecule has 1 heterocycles. The number of benzene rings is 2. The number of ether oxygens (including phenoxy) is 3. The van der Waals surface area contributed by atoms with Crippen molar-refractivity contribution in [1.29, 1.82) is 0 Å². The van der Waals surface area contributed by atoms with E-state index < -0.39 is 18.1 Å². The van der Waals surface area contributed by atoms with Crippen molar-refractivity contribution in [2.45, 2.75) is 25.2 Å². The van der Waals surface area contributed by atoms with Crippen LogP contribution in [0, 0.1) is 0 Å². The second kappa shape index (κ2) is 8.38. The first-order valence-corrected chi connectivity index (χ1v) is 8.44. The van der Waals surface area contributed by atoms with Crippen LogP contribution in [-0.2, 0) is 20.9 Å². The summed E-state index contributed by atoms with van der Waals surface area (Å²) in [6.07, 6.45) is -0.490. The minimum absolute atomic E-state index is 0.147. The van der Waals surface area contributed by atoms with Gasteiger partial charge in [0.05, 0.1) is 13.7 Å². The molecule has 0 spiro atoms. The number of carbonyl (C=O) groups excluding carboxylic acids is 2. The second-order valence-electron chi connectivity index (χ2n) is 6.02. The summed E-state index contributed by atoms with van der Waals surface area (Å²) in [6, 6.07) is 18.0. The number of methoxy groups -OCH3 is 1. The molecule has 0 N–H and O–H groups in total. The number of likely N-dealkylation sites (tertiary alicyclic amines) is 1. The maximum atomic E-state index is 12.5. The third-order valence-electron chi connectivity index (χ3n) is 4.22. The van der Waals surface area contributed by atoms with Crippen molar-refractivity contribution in [3.8, 4) is 5.75 Å². The molecule has 0 aromatic heterocycles. The number of esters is 1. The van der Waals surface area contributed by atoms with Crippen molar-refractivity contribution in [1.82, 2.24) is 4.90 Å². The summed E-state index contributed by atoms with van der Waals surface area (Å²) >= 11 is 0. The first-order chi connectivity index (χ1) is 12.7. The smallest absolute Gasteiger partial charge is 0.410 e. The molecule has 2 aromatic rings. The van der Waals surface area contributed by atoms with Crippen molar-refractivity contribution in [3.05, 3.63) is 66.2 Å². The number of hydrogen-bond acceptors (Lipinski definition) is 5. The van der Waals surface area contributed by atoms with Gasteiger partial charge >= 0.3 is 12.1 Å². The van der Waals surface area contributed by atoms with E-state index >= 15 is 0 Å². The summed E-state index contributed by atoms with van der Waals surface area (Å²) in [5.41, 5.74) is 0.881. The lowest BCUT2D eigenvalue weighted by Crippen LogP contribution is -2.41. The molecule has 3 rings (SSSR count). The molecule has 1 amide bonds. The van der Waals surface area contributed by atoms with Crippen LogP contribution in [0.4, 0.5) is 4.79 Å². The number of amides is 1. The van der Waals surface area contributed by atoms with Crippen LogP contribution >= 0.6 is 0 Å². The number of hydrogen-bond donors (Lipinski definition) is 0. The van der Waals surface area contributed by atoms with E-state index in [0.717, 1.165) is 5.56 Å². The number of nitrogens with zero attached hydrogens (tertiary/aromatic N) is 1. The third-order valence-corrected chi connectivity index (χ3v) is 4.22. The number of rotatable bonds is 5. The standard InChI is InChI=1S/C20H21NO5/c1-24-19(22)18-12-17(26-16-10-6-3-7-11-16)13-21(18)20(23)25-14-15-8-4-2-5-9-15/h2-11,17-18H,12-14H2,1H3. The van der Waals surface area contributed by atoms with Crippen LogP contribution in [0.2, 0.25) is 0 Å². The van der Waals surface area contributed by atoms with Crippen molar-refractivity contribution < 1.29 is 23.8 Å². The van der Waals surface area contributed by atoms with Gasteiger partial charge in [0.15, 0.2) is 0 Å². The Morgan fingerprint density at radius 3 is 2.35 bits per heavy atom. The largest absolute Gasteiger partial charge is 0.488 e. The normalized spacial score (nSPS) is 19.0. The van der Waals surface area contributed by atoms with Gasteiger partial charge in [0.25, 0.3) is 0 Å². The van der Waals surface area contributed by atoms with E-state index in [9.17, 15) is 9.59 Å². The average molecular weight is 355 g/mol. The maximum Gasteiger partial charge on any atom is 0.410 e. The first-order valence-electron chi connectivity index (χ1n) is 8.44. The lowest BCUT2D eigenvalue weighted by molar-refractivity contribution is -0.145. The Hall–Kier alpha value is -3.02. The third kappa shape index (κ3) is 4.33. The predicted octanol–water partition coefficient (Wildman–Crippen LogP) is 3.02. The zero-order valence-electron chi connectivity index (χ0n) is 14.5. The lowest BCUT2D eigenvalue weighted by atomic mass is 10.2. The molecule has 0 radical (unpaired) electrons. The molecular weight excluding hydrogens is 334 g/mol. The van der Waals surface area contributed by atoms with Crippen LogP contribution < -0.4 is 4.74 Å². The van der Waals surface area contributed by atoms with Crippen LogP contribution in [0.15, 0.2) is 60.7 Å². The van der Waals surface area contributed by atoms with E-state index in [4.69, 9.17) is 14.2 Å². The van der Waals surface area contributed by atoms with Gasteiger partial charge in [-0.2, -0.15) is 0 Å². The molecule has 2 aromatic carbocycles. The highest BCUT2D eigenvalue weighted by Gasteiger charge is 2.42. The molecule has 0 bridgehead atoms. The highest BCUT2D eigenvalue weighted by Crippen LogP contribution is 2.24. The van der Waals surface area contributed by atoms with Gasteiger partial charge in [-0.05, 0) is 17.7 Å². The minimum atomic E-state index is -0.711. The van der Waals surface area contributed by atoms with Crippen molar-refractivity contribution in [2.24, 2.45) is 0 Å². The summed E-state index contributed by atoms with van der Waals surface area (Å²) in [4.78, 5) is 25.9. The molecule has 1 aliphatic heterocycles. The monoisotopic (exact) mass is 355 g/mol. The van der Waals surface area contributed by atoms with Crippen molar-refractivity contribution in [3.63, 3.8) is 0 Å². The summed E-state index contributed by atoms with van der Waals surface area (Å²) in [5.74, 6) is 0.224. The first kappa shape index (κ1) is 17.8. The molecule has 1 fully saturated rings. The molecule has 1 aliphatic rings. The van der Waals surface area contributed by atoms with Crippen LogP contribution in [0.3, 0.4) is 0 Å². The van der Waals surface area contributed by atoms with Gasteiger partial charge in [-0.15, -0.1) is 0 Å². The molecule has 26 heavy (non-hydrogen) atoms. The fourth-order valence-corrected chi connectivity index (χ4v) is 2.94. The number of carbonyl (C=O) groups is 2. The fourth-order valence-electron chi connectivity index (χ4n) is 2.94. The Balaban J connectivity index is 1.64. The molecule has 2 unspecified atom stereocenters. The van der Waals surface area contributed by atoms with E-state index in [1.54, 1.807) is 0 Å². The van der Waals surface area contributed by atoms with E-state index in [0.29, 0.717) is 12.2 Å². The Morgan fingerprint density at radius 1 is 1.04 bits per heavy atom. The quantitative estimate of drug-likeness (QED) is 0.772. The van der Waals surface area contributed by atoms with Crippen LogP contribution in [0.1, 0.15) is 12.0 Å². The van der Waals surface area contributed by atoms with Gasteiger partial charge in [0, 0.05) is 6.42 Å². The van der Waals surface area contributed by atoms with E-state index in [1.165, 1.54) is 12.0 Å². The predicted molar refractivity (Wildman–Crippen MR) is 94.6 cm³/mol. The zero-order chi connectivity index (χ0) is 18.4. The highest BCUT2D eigenvalue weighted by atomic mass is 16.6. The van der Waals surface area contributed by atoms with Crippen LogP contribution in [0.5, 0.6) is 5.75 Å². The van der Waals surface area contributed by atoms with Gasteiger partial charge in [0.2, 0.25) is 0 Å². The second-order valence-corrected chi connectivity index (χ2v) is 6.02. The van der Waals surface area contributed by atoms with Crippen molar-refractivity contribution >= 4 is 12.1 Å². The van der Waals surface area contributed by atoms with E-state index in [1.807, 2.05) is 60.7 Å². The minimum Gasteiger partial charge on any atom is -0.488 e. The van der Waals surface area contributed by atoms with E-state index in [-0.39, 0.29) is 19.3 Å². The summed E-state index contributed by atoms with van der Waals surface area (Å²) in [7, 11) is 1.31. The van der Waals surface area contributed by atoms with Gasteiger partial charge < -0.3 is 14.2 Å². The molecule has 2 atom stereocenters. The molecule has 6 nitrogen and oxygen atoms in total. The average Bonchev–Trinajstić information content (AvgIpc) is 3.11. The Labute approximate surface area is 152 Å². The van der Waals surface area contributed by atoms with Crippen LogP contribution in [0.25, 0.3) is 0 Å². The SMILES string of the molecule is COC(=O)C1CC(Oc2ccccc2)CN1C(=O)OCc1ccccc1. The molecule has 136 valence electrons. The fraction of sp³-hybridized carbons (Fsp3) is 0.300.